The van der Waals surface area contributed by atoms with Gasteiger partial charge >= 0.3 is 0 Å². The molecule has 17 heavy (non-hydrogen) atoms. The number of rotatable bonds is 4. The van der Waals surface area contributed by atoms with Crippen molar-refractivity contribution in [2.45, 2.75) is 28.1 Å². The van der Waals surface area contributed by atoms with Gasteiger partial charge in [-0.15, -0.1) is 11.8 Å². The first kappa shape index (κ1) is 13.3. The highest BCUT2D eigenvalue weighted by Crippen LogP contribution is 2.33. The molecule has 1 aliphatic heterocycles. The molecule has 0 saturated carbocycles. The van der Waals surface area contributed by atoms with Crippen LogP contribution < -0.4 is 0 Å². The highest BCUT2D eigenvalue weighted by molar-refractivity contribution is 8.09. The zero-order valence-corrected chi connectivity index (χ0v) is 12.2. The monoisotopic (exact) mass is 288 g/mol. The lowest BCUT2D eigenvalue weighted by Gasteiger charge is -2.19. The molecule has 1 aromatic rings. The Morgan fingerprint density at radius 3 is 2.35 bits per heavy atom. The van der Waals surface area contributed by atoms with Gasteiger partial charge < -0.3 is 0 Å². The van der Waals surface area contributed by atoms with Crippen molar-refractivity contribution in [1.29, 1.82) is 0 Å². The SMILES string of the molecule is CCC(Sc1ccccc1)C1[S@@](=O)CC[S@@]1=O. The lowest BCUT2D eigenvalue weighted by atomic mass is 10.4. The highest BCUT2D eigenvalue weighted by Gasteiger charge is 2.36. The van der Waals surface area contributed by atoms with Gasteiger partial charge in [0.2, 0.25) is 0 Å². The van der Waals surface area contributed by atoms with E-state index in [1.54, 1.807) is 11.8 Å². The van der Waals surface area contributed by atoms with Crippen LogP contribution in [0.4, 0.5) is 0 Å². The second kappa shape index (κ2) is 6.16. The first-order valence-corrected chi connectivity index (χ1v) is 9.33. The lowest BCUT2D eigenvalue weighted by molar-refractivity contribution is 0.671. The van der Waals surface area contributed by atoms with Crippen molar-refractivity contribution in [2.75, 3.05) is 11.5 Å². The molecule has 0 radical (unpaired) electrons. The summed E-state index contributed by atoms with van der Waals surface area (Å²) in [7, 11) is -1.83. The molecule has 94 valence electrons. The summed E-state index contributed by atoms with van der Waals surface area (Å²) in [5.74, 6) is 1.20. The van der Waals surface area contributed by atoms with E-state index in [0.29, 0.717) is 11.5 Å². The number of hydrogen-bond acceptors (Lipinski definition) is 3. The molecule has 1 saturated heterocycles. The molecule has 0 N–H and O–H groups in total. The fourth-order valence-electron chi connectivity index (χ4n) is 1.86. The van der Waals surface area contributed by atoms with Crippen molar-refractivity contribution in [3.05, 3.63) is 30.3 Å². The van der Waals surface area contributed by atoms with E-state index in [-0.39, 0.29) is 9.83 Å². The Labute approximate surface area is 111 Å². The quantitative estimate of drug-likeness (QED) is 0.798. The highest BCUT2D eigenvalue weighted by atomic mass is 32.3. The summed E-state index contributed by atoms with van der Waals surface area (Å²) in [5, 5.41) is 0.196. The molecule has 1 aromatic carbocycles. The average Bonchev–Trinajstić information content (AvgIpc) is 2.68. The van der Waals surface area contributed by atoms with E-state index in [1.165, 1.54) is 4.90 Å². The van der Waals surface area contributed by atoms with E-state index in [2.05, 4.69) is 6.92 Å². The van der Waals surface area contributed by atoms with Gasteiger partial charge in [-0.2, -0.15) is 0 Å². The standard InChI is InChI=1S/C12H16O2S3/c1-2-11(12-16(13)8-9-17(12)14)15-10-6-4-3-5-7-10/h3-7,11-12H,2,8-9H2,1H3/t11?,16-,17-/m0/s1. The summed E-state index contributed by atoms with van der Waals surface area (Å²) in [4.78, 5) is 1.17. The minimum absolute atomic E-state index is 0.148. The second-order valence-corrected chi connectivity index (χ2v) is 8.88. The minimum Gasteiger partial charge on any atom is -0.258 e. The maximum atomic E-state index is 11.9. The Hall–Kier alpha value is -0.130. The molecule has 5 heteroatoms. The molecule has 1 fully saturated rings. The topological polar surface area (TPSA) is 34.1 Å². The first-order valence-electron chi connectivity index (χ1n) is 5.68. The van der Waals surface area contributed by atoms with Crippen molar-refractivity contribution >= 4 is 33.4 Å². The van der Waals surface area contributed by atoms with Crippen molar-refractivity contribution < 1.29 is 8.42 Å². The first-order chi connectivity index (χ1) is 8.22. The Kier molecular flexibility index (Phi) is 4.82. The summed E-state index contributed by atoms with van der Waals surface area (Å²) in [6.45, 7) is 2.08. The fourth-order valence-corrected chi connectivity index (χ4v) is 8.25. The molecular weight excluding hydrogens is 272 g/mol. The van der Waals surface area contributed by atoms with Crippen LogP contribution in [0.5, 0.6) is 0 Å². The maximum absolute atomic E-state index is 11.9. The summed E-state index contributed by atoms with van der Waals surface area (Å²) >= 11 is 1.71. The zero-order chi connectivity index (χ0) is 12.3. The molecule has 0 spiro atoms. The van der Waals surface area contributed by atoms with Crippen molar-refractivity contribution in [1.82, 2.24) is 0 Å². The van der Waals surface area contributed by atoms with E-state index in [9.17, 15) is 8.42 Å². The Morgan fingerprint density at radius 2 is 1.82 bits per heavy atom. The van der Waals surface area contributed by atoms with E-state index < -0.39 is 21.6 Å². The van der Waals surface area contributed by atoms with Crippen LogP contribution in [0.15, 0.2) is 35.2 Å². The van der Waals surface area contributed by atoms with Crippen molar-refractivity contribution in [2.24, 2.45) is 0 Å². The number of benzene rings is 1. The van der Waals surface area contributed by atoms with Crippen LogP contribution in [0.2, 0.25) is 0 Å². The molecule has 0 aliphatic carbocycles. The van der Waals surface area contributed by atoms with Crippen LogP contribution in [-0.4, -0.2) is 29.8 Å². The third-order valence-electron chi connectivity index (χ3n) is 2.74. The number of thioether (sulfide) groups is 1. The average molecular weight is 288 g/mol. The molecule has 0 amide bonds. The molecular formula is C12H16O2S3. The van der Waals surface area contributed by atoms with Gasteiger partial charge in [0.15, 0.2) is 0 Å². The van der Waals surface area contributed by atoms with E-state index >= 15 is 0 Å². The van der Waals surface area contributed by atoms with Gasteiger partial charge in [-0.3, -0.25) is 8.42 Å². The predicted octanol–water partition coefficient (Wildman–Crippen LogP) is 2.39. The van der Waals surface area contributed by atoms with Gasteiger partial charge in [0.25, 0.3) is 0 Å². The van der Waals surface area contributed by atoms with Crippen LogP contribution in [0.3, 0.4) is 0 Å². The Balaban J connectivity index is 2.11. The molecule has 2 nitrogen and oxygen atoms in total. The van der Waals surface area contributed by atoms with Crippen LogP contribution in [0, 0.1) is 0 Å². The van der Waals surface area contributed by atoms with Gasteiger partial charge in [-0.25, -0.2) is 0 Å². The maximum Gasteiger partial charge on any atom is 0.122 e. The van der Waals surface area contributed by atoms with Crippen LogP contribution in [-0.2, 0) is 21.6 Å². The molecule has 1 aliphatic rings. The van der Waals surface area contributed by atoms with Crippen LogP contribution in [0.25, 0.3) is 0 Å². The fraction of sp³-hybridized carbons (Fsp3) is 0.500. The molecule has 0 bridgehead atoms. The predicted molar refractivity (Wildman–Crippen MR) is 76.2 cm³/mol. The Bertz CT molecular complexity index is 403. The molecule has 0 aromatic heterocycles. The summed E-state index contributed by atoms with van der Waals surface area (Å²) in [6.07, 6.45) is 0.904. The van der Waals surface area contributed by atoms with Gasteiger partial charge in [0.1, 0.15) is 4.58 Å². The third kappa shape index (κ3) is 3.20. The van der Waals surface area contributed by atoms with Crippen LogP contribution in [0.1, 0.15) is 13.3 Å². The molecule has 2 rings (SSSR count). The lowest BCUT2D eigenvalue weighted by Crippen LogP contribution is -2.27. The van der Waals surface area contributed by atoms with Gasteiger partial charge in [0.05, 0.1) is 0 Å². The molecule has 1 unspecified atom stereocenters. The smallest absolute Gasteiger partial charge is 0.122 e. The van der Waals surface area contributed by atoms with Gasteiger partial charge in [0, 0.05) is 43.3 Å². The van der Waals surface area contributed by atoms with Gasteiger partial charge in [-0.05, 0) is 18.6 Å². The largest absolute Gasteiger partial charge is 0.258 e. The van der Waals surface area contributed by atoms with Crippen molar-refractivity contribution in [3.8, 4) is 0 Å². The van der Waals surface area contributed by atoms with E-state index in [4.69, 9.17) is 0 Å². The number of hydrogen-bond donors (Lipinski definition) is 0. The van der Waals surface area contributed by atoms with Gasteiger partial charge in [-0.1, -0.05) is 25.1 Å². The van der Waals surface area contributed by atoms with E-state index in [1.807, 2.05) is 30.3 Å². The minimum atomic E-state index is -0.915. The second-order valence-electron chi connectivity index (χ2n) is 3.92. The summed E-state index contributed by atoms with van der Waals surface area (Å²) in [6, 6.07) is 10.1. The third-order valence-corrected chi connectivity index (χ3v) is 8.99. The zero-order valence-electron chi connectivity index (χ0n) is 9.70. The Morgan fingerprint density at radius 1 is 1.24 bits per heavy atom. The molecule has 1 heterocycles. The summed E-state index contributed by atoms with van der Waals surface area (Å²) in [5.41, 5.74) is 0. The van der Waals surface area contributed by atoms with E-state index in [0.717, 1.165) is 6.42 Å². The summed E-state index contributed by atoms with van der Waals surface area (Å²) < 4.78 is 23.6. The van der Waals surface area contributed by atoms with Crippen LogP contribution >= 0.6 is 11.8 Å². The normalized spacial score (nSPS) is 27.1. The van der Waals surface area contributed by atoms with Crippen molar-refractivity contribution in [3.63, 3.8) is 0 Å². The molecule has 3 atom stereocenters.